The Morgan fingerprint density at radius 2 is 2.00 bits per heavy atom. The Morgan fingerprint density at radius 1 is 1.24 bits per heavy atom. The zero-order valence-electron chi connectivity index (χ0n) is 11.9. The molecule has 1 aliphatic rings. The minimum atomic E-state index is -0.0162. The summed E-state index contributed by atoms with van der Waals surface area (Å²) in [5, 5.41) is 0. The lowest BCUT2D eigenvalue weighted by Gasteiger charge is -2.30. The van der Waals surface area contributed by atoms with Crippen molar-refractivity contribution in [3.8, 4) is 11.5 Å². The van der Waals surface area contributed by atoms with E-state index in [2.05, 4.69) is 15.9 Å². The minimum absolute atomic E-state index is 0.00146. The van der Waals surface area contributed by atoms with Crippen molar-refractivity contribution in [3.05, 3.63) is 58.1 Å². The molecule has 4 heteroatoms. The van der Waals surface area contributed by atoms with Gasteiger partial charge in [-0.1, -0.05) is 34.1 Å². The van der Waals surface area contributed by atoms with Crippen LogP contribution in [-0.2, 0) is 0 Å². The third-order valence-electron chi connectivity index (χ3n) is 3.68. The molecule has 1 heterocycles. The summed E-state index contributed by atoms with van der Waals surface area (Å²) in [5.74, 6) is 1.74. The van der Waals surface area contributed by atoms with Gasteiger partial charge in [0.15, 0.2) is 0 Å². The van der Waals surface area contributed by atoms with Crippen LogP contribution in [0.2, 0.25) is 0 Å². The average molecular weight is 348 g/mol. The topological polar surface area (TPSA) is 44.5 Å². The summed E-state index contributed by atoms with van der Waals surface area (Å²) in [7, 11) is 0. The van der Waals surface area contributed by atoms with E-state index in [1.165, 1.54) is 0 Å². The van der Waals surface area contributed by atoms with Crippen molar-refractivity contribution in [2.75, 3.05) is 6.61 Å². The van der Waals surface area contributed by atoms with Crippen molar-refractivity contribution in [1.82, 2.24) is 0 Å². The third-order valence-corrected chi connectivity index (χ3v) is 4.17. The fourth-order valence-corrected chi connectivity index (χ4v) is 2.97. The molecule has 0 spiro atoms. The van der Waals surface area contributed by atoms with E-state index in [1.54, 1.807) is 0 Å². The van der Waals surface area contributed by atoms with Crippen molar-refractivity contribution in [2.24, 2.45) is 5.73 Å². The van der Waals surface area contributed by atoms with Gasteiger partial charge in [-0.25, -0.2) is 0 Å². The van der Waals surface area contributed by atoms with E-state index < -0.39 is 0 Å². The van der Waals surface area contributed by atoms with Crippen molar-refractivity contribution in [3.63, 3.8) is 0 Å². The van der Waals surface area contributed by atoms with Crippen LogP contribution in [0.5, 0.6) is 11.5 Å². The van der Waals surface area contributed by atoms with Crippen molar-refractivity contribution in [2.45, 2.75) is 25.5 Å². The zero-order valence-corrected chi connectivity index (χ0v) is 13.5. The average Bonchev–Trinajstić information content (AvgIpc) is 2.48. The normalized spacial score (nSPS) is 20.5. The van der Waals surface area contributed by atoms with Crippen LogP contribution in [0.3, 0.4) is 0 Å². The molecule has 0 aliphatic carbocycles. The third kappa shape index (κ3) is 3.06. The van der Waals surface area contributed by atoms with Gasteiger partial charge in [0.1, 0.15) is 17.6 Å². The molecule has 1 unspecified atom stereocenters. The highest BCUT2D eigenvalue weighted by atomic mass is 79.9. The first kappa shape index (κ1) is 14.4. The summed E-state index contributed by atoms with van der Waals surface area (Å²) in [5.41, 5.74) is 8.48. The van der Waals surface area contributed by atoms with Gasteiger partial charge in [-0.3, -0.25) is 0 Å². The molecule has 3 rings (SSSR count). The minimum Gasteiger partial charge on any atom is -0.494 e. The Kier molecular flexibility index (Phi) is 4.17. The highest BCUT2D eigenvalue weighted by Crippen LogP contribution is 2.41. The van der Waals surface area contributed by atoms with E-state index in [4.69, 9.17) is 15.2 Å². The SMILES string of the molecule is CCOc1ccc(C2C[C@H](N)c3ccc(Br)cc3O2)cc1. The van der Waals surface area contributed by atoms with E-state index in [9.17, 15) is 0 Å². The van der Waals surface area contributed by atoms with Gasteiger partial charge in [0, 0.05) is 22.5 Å². The number of halogens is 1. The number of nitrogens with two attached hydrogens (primary N) is 1. The van der Waals surface area contributed by atoms with Crippen LogP contribution in [0.25, 0.3) is 0 Å². The molecule has 0 aromatic heterocycles. The first-order chi connectivity index (χ1) is 10.2. The predicted octanol–water partition coefficient (Wildman–Crippen LogP) is 4.37. The highest BCUT2D eigenvalue weighted by molar-refractivity contribution is 9.10. The first-order valence-electron chi connectivity index (χ1n) is 7.12. The molecule has 2 atom stereocenters. The predicted molar refractivity (Wildman–Crippen MR) is 86.7 cm³/mol. The van der Waals surface area contributed by atoms with E-state index in [0.29, 0.717) is 6.61 Å². The number of benzene rings is 2. The summed E-state index contributed by atoms with van der Waals surface area (Å²) >= 11 is 3.48. The van der Waals surface area contributed by atoms with E-state index >= 15 is 0 Å². The molecule has 21 heavy (non-hydrogen) atoms. The van der Waals surface area contributed by atoms with Crippen molar-refractivity contribution < 1.29 is 9.47 Å². The molecule has 0 radical (unpaired) electrons. The van der Waals surface area contributed by atoms with Gasteiger partial charge in [-0.2, -0.15) is 0 Å². The van der Waals surface area contributed by atoms with Gasteiger partial charge in [0.2, 0.25) is 0 Å². The molecular weight excluding hydrogens is 330 g/mol. The second kappa shape index (κ2) is 6.08. The molecule has 2 aromatic rings. The molecule has 2 aromatic carbocycles. The Labute approximate surface area is 133 Å². The fraction of sp³-hybridized carbons (Fsp3) is 0.294. The summed E-state index contributed by atoms with van der Waals surface area (Å²) < 4.78 is 12.6. The monoisotopic (exact) mass is 347 g/mol. The van der Waals surface area contributed by atoms with Crippen molar-refractivity contribution >= 4 is 15.9 Å². The van der Waals surface area contributed by atoms with Crippen molar-refractivity contribution in [1.29, 1.82) is 0 Å². The van der Waals surface area contributed by atoms with Crippen LogP contribution < -0.4 is 15.2 Å². The first-order valence-corrected chi connectivity index (χ1v) is 7.91. The van der Waals surface area contributed by atoms with E-state index in [0.717, 1.165) is 33.5 Å². The molecule has 0 fully saturated rings. The lowest BCUT2D eigenvalue weighted by atomic mass is 9.93. The van der Waals surface area contributed by atoms with Crippen LogP contribution in [0.15, 0.2) is 46.9 Å². The highest BCUT2D eigenvalue weighted by Gasteiger charge is 2.27. The largest absolute Gasteiger partial charge is 0.494 e. The van der Waals surface area contributed by atoms with Crippen LogP contribution in [0.1, 0.15) is 36.6 Å². The summed E-state index contributed by atoms with van der Waals surface area (Å²) in [6, 6.07) is 14.1. The smallest absolute Gasteiger partial charge is 0.126 e. The molecular formula is C17H18BrNO2. The van der Waals surface area contributed by atoms with E-state index in [-0.39, 0.29) is 12.1 Å². The summed E-state index contributed by atoms with van der Waals surface area (Å²) in [6.45, 7) is 2.65. The molecule has 0 amide bonds. The lowest BCUT2D eigenvalue weighted by molar-refractivity contribution is 0.161. The van der Waals surface area contributed by atoms with Crippen LogP contribution in [0, 0.1) is 0 Å². The van der Waals surface area contributed by atoms with Gasteiger partial charge < -0.3 is 15.2 Å². The van der Waals surface area contributed by atoms with Gasteiger partial charge >= 0.3 is 0 Å². The molecule has 1 aliphatic heterocycles. The Bertz CT molecular complexity index is 627. The van der Waals surface area contributed by atoms with Gasteiger partial charge in [-0.15, -0.1) is 0 Å². The lowest BCUT2D eigenvalue weighted by Crippen LogP contribution is -2.24. The summed E-state index contributed by atoms with van der Waals surface area (Å²) in [6.07, 6.45) is 0.764. The maximum Gasteiger partial charge on any atom is 0.126 e. The van der Waals surface area contributed by atoms with Crippen LogP contribution in [0.4, 0.5) is 0 Å². The van der Waals surface area contributed by atoms with Crippen LogP contribution >= 0.6 is 15.9 Å². The number of hydrogen-bond acceptors (Lipinski definition) is 3. The van der Waals surface area contributed by atoms with Crippen LogP contribution in [-0.4, -0.2) is 6.61 Å². The maximum atomic E-state index is 6.28. The Morgan fingerprint density at radius 3 is 2.71 bits per heavy atom. The molecule has 0 bridgehead atoms. The number of ether oxygens (including phenoxy) is 2. The number of fused-ring (bicyclic) bond motifs is 1. The summed E-state index contributed by atoms with van der Waals surface area (Å²) in [4.78, 5) is 0. The zero-order chi connectivity index (χ0) is 14.8. The molecule has 110 valence electrons. The molecule has 2 N–H and O–H groups in total. The molecule has 3 nitrogen and oxygen atoms in total. The molecule has 0 saturated heterocycles. The Balaban J connectivity index is 1.84. The van der Waals surface area contributed by atoms with Gasteiger partial charge in [0.05, 0.1) is 6.61 Å². The van der Waals surface area contributed by atoms with Gasteiger partial charge in [-0.05, 0) is 36.8 Å². The standard InChI is InChI=1S/C17H18BrNO2/c1-2-20-13-6-3-11(4-7-13)16-10-15(19)14-8-5-12(18)9-17(14)21-16/h3-9,15-16H,2,10,19H2,1H3/t15-,16?/m0/s1. The second-order valence-electron chi connectivity index (χ2n) is 5.13. The Hall–Kier alpha value is -1.52. The number of hydrogen-bond donors (Lipinski definition) is 1. The van der Waals surface area contributed by atoms with Gasteiger partial charge in [0.25, 0.3) is 0 Å². The van der Waals surface area contributed by atoms with E-state index in [1.807, 2.05) is 49.4 Å². The fourth-order valence-electron chi connectivity index (χ4n) is 2.63. The maximum absolute atomic E-state index is 6.28. The second-order valence-corrected chi connectivity index (χ2v) is 6.05. The molecule has 0 saturated carbocycles. The quantitative estimate of drug-likeness (QED) is 0.896. The number of rotatable bonds is 3.